The number of amides is 2. The van der Waals surface area contributed by atoms with Crippen molar-refractivity contribution < 1.29 is 33.1 Å². The van der Waals surface area contributed by atoms with Gasteiger partial charge in [0.15, 0.2) is 5.60 Å². The van der Waals surface area contributed by atoms with Crippen molar-refractivity contribution in [1.29, 1.82) is 0 Å². The Morgan fingerprint density at radius 3 is 2.47 bits per heavy atom. The first-order chi connectivity index (χ1) is 22.5. The molecule has 10 nitrogen and oxygen atoms in total. The number of benzene rings is 2. The number of ether oxygens (including phenoxy) is 2. The molecule has 0 aliphatic carbocycles. The summed E-state index contributed by atoms with van der Waals surface area (Å²) in [5, 5.41) is 13.3. The van der Waals surface area contributed by atoms with Crippen molar-refractivity contribution in [2.45, 2.75) is 81.3 Å². The topological polar surface area (TPSA) is 112 Å². The molecule has 0 bridgehead atoms. The number of piperidine rings is 1. The average molecular weight is 667 g/mol. The molecule has 3 fully saturated rings. The van der Waals surface area contributed by atoms with E-state index in [1.807, 2.05) is 60.4 Å². The van der Waals surface area contributed by atoms with Crippen LogP contribution in [0.1, 0.15) is 51.0 Å². The fourth-order valence-corrected chi connectivity index (χ4v) is 11.2. The van der Waals surface area contributed by atoms with Crippen LogP contribution >= 0.6 is 0 Å². The van der Waals surface area contributed by atoms with Crippen LogP contribution in [0.5, 0.6) is 0 Å². The highest BCUT2D eigenvalue weighted by molar-refractivity contribution is 6.72. The van der Waals surface area contributed by atoms with Crippen LogP contribution in [0, 0.1) is 5.92 Å². The zero-order valence-corrected chi connectivity index (χ0v) is 28.8. The van der Waals surface area contributed by atoms with E-state index in [4.69, 9.17) is 9.47 Å². The van der Waals surface area contributed by atoms with E-state index in [9.17, 15) is 19.5 Å². The monoisotopic (exact) mass is 666 g/mol. The summed E-state index contributed by atoms with van der Waals surface area (Å²) >= 11 is 0. The summed E-state index contributed by atoms with van der Waals surface area (Å²) in [6.45, 7) is 7.18. The Morgan fingerprint density at radius 2 is 1.81 bits per heavy atom. The summed E-state index contributed by atoms with van der Waals surface area (Å²) in [6.07, 6.45) is 2.30. The maximum atomic E-state index is 16.0. The van der Waals surface area contributed by atoms with Crippen LogP contribution in [0.4, 0.5) is 21.2 Å². The molecule has 12 heteroatoms. The van der Waals surface area contributed by atoms with Gasteiger partial charge in [-0.25, -0.2) is 0 Å². The molecule has 6 rings (SSSR count). The number of nitrogens with one attached hydrogen (secondary N) is 1. The van der Waals surface area contributed by atoms with E-state index < -0.39 is 37.1 Å². The largest absolute Gasteiger partial charge is 0.469 e. The highest BCUT2D eigenvalue weighted by Gasteiger charge is 2.66. The van der Waals surface area contributed by atoms with Crippen molar-refractivity contribution in [3.8, 4) is 0 Å². The predicted molar refractivity (Wildman–Crippen MR) is 181 cm³/mol. The van der Waals surface area contributed by atoms with E-state index in [1.165, 1.54) is 7.11 Å². The Balaban J connectivity index is 1.41. The zero-order chi connectivity index (χ0) is 33.6. The number of esters is 1. The van der Waals surface area contributed by atoms with Crippen molar-refractivity contribution in [3.63, 3.8) is 0 Å². The maximum absolute atomic E-state index is 16.0. The Morgan fingerprint density at radius 1 is 1.09 bits per heavy atom. The highest BCUT2D eigenvalue weighted by Crippen LogP contribution is 2.60. The molecule has 47 heavy (non-hydrogen) atoms. The minimum Gasteiger partial charge on any atom is -0.469 e. The molecule has 0 aromatic heterocycles. The number of carbonyl (C=O) groups excluding carboxylic acids is 3. The third kappa shape index (κ3) is 5.56. The SMILES string of the molecule is COC(=O)CCCCN1C(=O)[C@@]2(O[C@@H](CCO)[C@H]([Si](C)(C)F)[C@H]2C)c2cc(N3CN(c4ccccc4)C4(CCNCC4)C3=O)ccc21. The molecular formula is C35H47FN4O6Si. The van der Waals surface area contributed by atoms with Crippen molar-refractivity contribution in [2.75, 3.05) is 54.7 Å². The van der Waals surface area contributed by atoms with Gasteiger partial charge in [0.05, 0.1) is 25.6 Å². The molecule has 3 saturated heterocycles. The number of aliphatic hydroxyl groups excluding tert-OH is 1. The van der Waals surface area contributed by atoms with E-state index in [0.29, 0.717) is 55.8 Å². The van der Waals surface area contributed by atoms with E-state index in [-0.39, 0.29) is 37.2 Å². The summed E-state index contributed by atoms with van der Waals surface area (Å²) < 4.78 is 27.6. The summed E-state index contributed by atoms with van der Waals surface area (Å²) in [7, 11) is -2.00. The van der Waals surface area contributed by atoms with Crippen LogP contribution in [-0.4, -0.2) is 83.0 Å². The van der Waals surface area contributed by atoms with Crippen molar-refractivity contribution in [3.05, 3.63) is 54.1 Å². The van der Waals surface area contributed by atoms with Gasteiger partial charge >= 0.3 is 5.97 Å². The molecule has 254 valence electrons. The number of fused-ring (bicyclic) bond motifs is 2. The number of para-hydroxylation sites is 1. The zero-order valence-electron chi connectivity index (χ0n) is 27.8. The maximum Gasteiger partial charge on any atom is 0.305 e. The number of hydrogen-bond acceptors (Lipinski definition) is 8. The van der Waals surface area contributed by atoms with Gasteiger partial charge in [-0.3, -0.25) is 19.3 Å². The van der Waals surface area contributed by atoms with Gasteiger partial charge in [0.1, 0.15) is 5.54 Å². The van der Waals surface area contributed by atoms with Gasteiger partial charge in [-0.2, -0.15) is 0 Å². The number of anilines is 3. The lowest BCUT2D eigenvalue weighted by Crippen LogP contribution is -2.55. The van der Waals surface area contributed by atoms with Gasteiger partial charge in [-0.1, -0.05) is 25.1 Å². The van der Waals surface area contributed by atoms with Crippen molar-refractivity contribution in [2.24, 2.45) is 5.92 Å². The second kappa shape index (κ2) is 12.9. The fourth-order valence-electron chi connectivity index (χ4n) is 8.63. The van der Waals surface area contributed by atoms with E-state index in [1.54, 1.807) is 18.0 Å². The predicted octanol–water partition coefficient (Wildman–Crippen LogP) is 4.47. The number of unbranched alkanes of at least 4 members (excludes halogenated alkanes) is 1. The summed E-state index contributed by atoms with van der Waals surface area (Å²) in [5.41, 5.74) is 0.289. The number of rotatable bonds is 10. The summed E-state index contributed by atoms with van der Waals surface area (Å²) in [6, 6.07) is 15.7. The van der Waals surface area contributed by atoms with Gasteiger partial charge in [-0.05, 0) is 88.6 Å². The normalized spacial score (nSPS) is 26.9. The Hall–Kier alpha value is -3.32. The highest BCUT2D eigenvalue weighted by atomic mass is 28.4. The van der Waals surface area contributed by atoms with Gasteiger partial charge in [0, 0.05) is 48.0 Å². The minimum absolute atomic E-state index is 0.0227. The third-order valence-electron chi connectivity index (χ3n) is 10.9. The van der Waals surface area contributed by atoms with Crippen LogP contribution in [0.2, 0.25) is 18.6 Å². The molecule has 4 atom stereocenters. The number of carbonyl (C=O) groups is 3. The van der Waals surface area contributed by atoms with Gasteiger partial charge in [0.2, 0.25) is 8.41 Å². The molecule has 2 amide bonds. The van der Waals surface area contributed by atoms with Crippen LogP contribution in [-0.2, 0) is 29.5 Å². The van der Waals surface area contributed by atoms with Crippen LogP contribution in [0.25, 0.3) is 0 Å². The Kier molecular flexibility index (Phi) is 9.25. The van der Waals surface area contributed by atoms with Gasteiger partial charge in [-0.15, -0.1) is 0 Å². The van der Waals surface area contributed by atoms with Crippen molar-refractivity contribution >= 4 is 43.3 Å². The minimum atomic E-state index is -3.36. The lowest BCUT2D eigenvalue weighted by molar-refractivity contribution is -0.146. The quantitative estimate of drug-likeness (QED) is 0.166. The van der Waals surface area contributed by atoms with Crippen LogP contribution in [0.15, 0.2) is 48.5 Å². The van der Waals surface area contributed by atoms with Gasteiger partial charge in [0.25, 0.3) is 11.8 Å². The Bertz CT molecular complexity index is 1500. The van der Waals surface area contributed by atoms with Crippen LogP contribution < -0.4 is 20.0 Å². The number of hydrogen-bond donors (Lipinski definition) is 2. The molecule has 0 saturated carbocycles. The van der Waals surface area contributed by atoms with E-state index >= 15 is 4.11 Å². The first kappa shape index (κ1) is 33.6. The lowest BCUT2D eigenvalue weighted by atomic mass is 9.82. The molecule has 2 spiro atoms. The first-order valence-electron chi connectivity index (χ1n) is 16.9. The van der Waals surface area contributed by atoms with E-state index in [0.717, 1.165) is 18.8 Å². The summed E-state index contributed by atoms with van der Waals surface area (Å²) in [4.78, 5) is 46.6. The molecular weight excluding hydrogens is 619 g/mol. The van der Waals surface area contributed by atoms with Crippen LogP contribution in [0.3, 0.4) is 0 Å². The number of nitrogens with zero attached hydrogens (tertiary/aromatic N) is 3. The van der Waals surface area contributed by atoms with E-state index in [2.05, 4.69) is 10.2 Å². The second-order valence-electron chi connectivity index (χ2n) is 13.9. The molecule has 0 unspecified atom stereocenters. The fraction of sp³-hybridized carbons (Fsp3) is 0.571. The second-order valence-corrected chi connectivity index (χ2v) is 17.7. The molecule has 2 aromatic rings. The third-order valence-corrected chi connectivity index (χ3v) is 13.3. The molecule has 2 aromatic carbocycles. The number of methoxy groups -OCH3 is 1. The average Bonchev–Trinajstić information content (AvgIpc) is 3.60. The summed E-state index contributed by atoms with van der Waals surface area (Å²) in [5.74, 6) is -1.04. The molecule has 2 N–H and O–H groups in total. The Labute approximate surface area is 277 Å². The molecule has 4 heterocycles. The first-order valence-corrected chi connectivity index (χ1v) is 19.8. The standard InChI is InChI=1S/C35H47FN4O6Si/c1-24-31(47(3,4)36)29(15-21-41)46-35(24)27-22-26(13-14-28(27)38(33(35)44)20-9-8-12-30(42)45-2)39-23-40(25-10-6-5-7-11-25)34(32(39)43)16-18-37-19-17-34/h5-7,10-11,13-14,22,24,29,31,37,41H,8-9,12,15-21,23H2,1-4H3/t24-,29+,31-,35+/m1/s1. The number of aliphatic hydroxyl groups is 1. The lowest BCUT2D eigenvalue weighted by Gasteiger charge is -2.39. The van der Waals surface area contributed by atoms with Crippen molar-refractivity contribution in [1.82, 2.24) is 5.32 Å². The molecule has 4 aliphatic rings. The molecule has 0 radical (unpaired) electrons. The van der Waals surface area contributed by atoms with Gasteiger partial charge < -0.3 is 33.8 Å². The molecule has 4 aliphatic heterocycles. The smallest absolute Gasteiger partial charge is 0.305 e. The number of halogens is 1.